The van der Waals surface area contributed by atoms with Crippen molar-refractivity contribution in [2.45, 2.75) is 6.92 Å². The van der Waals surface area contributed by atoms with E-state index in [1.807, 2.05) is 18.8 Å². The predicted octanol–water partition coefficient (Wildman–Crippen LogP) is 5.07. The van der Waals surface area contributed by atoms with Crippen LogP contribution in [0, 0.1) is 18.6 Å². The van der Waals surface area contributed by atoms with E-state index in [1.165, 1.54) is 0 Å². The number of rotatable bonds is 2. The van der Waals surface area contributed by atoms with Crippen LogP contribution in [0.15, 0.2) is 43.0 Å². The zero-order chi connectivity index (χ0) is 14.4. The van der Waals surface area contributed by atoms with Crippen molar-refractivity contribution in [1.29, 1.82) is 0 Å². The largest absolute Gasteiger partial charge is 0.203 e. The molecule has 0 fully saturated rings. The first kappa shape index (κ1) is 19.6. The third kappa shape index (κ3) is 4.55. The van der Waals surface area contributed by atoms with Gasteiger partial charge in [0.1, 0.15) is 0 Å². The van der Waals surface area contributed by atoms with Gasteiger partial charge in [-0.25, -0.2) is 8.78 Å². The average Bonchev–Trinajstić information content (AvgIpc) is 2.47. The quantitative estimate of drug-likeness (QED) is 0.650. The van der Waals surface area contributed by atoms with Crippen molar-refractivity contribution in [1.82, 2.24) is 0 Å². The van der Waals surface area contributed by atoms with Gasteiger partial charge in [-0.1, -0.05) is 55.7 Å². The van der Waals surface area contributed by atoms with Crippen molar-refractivity contribution in [3.63, 3.8) is 0 Å². The summed E-state index contributed by atoms with van der Waals surface area (Å²) in [6, 6.07) is 10.3. The first-order valence-electron chi connectivity index (χ1n) is 5.88. The van der Waals surface area contributed by atoms with E-state index in [1.54, 1.807) is 37.3 Å². The first-order chi connectivity index (χ1) is 9.13. The van der Waals surface area contributed by atoms with Gasteiger partial charge in [0.2, 0.25) is 0 Å². The fourth-order valence-electron chi connectivity index (χ4n) is 1.67. The van der Waals surface area contributed by atoms with Crippen LogP contribution in [0.2, 0.25) is 0 Å². The van der Waals surface area contributed by atoms with Crippen LogP contribution in [-0.4, -0.2) is 6.66 Å². The minimum atomic E-state index is -0.795. The summed E-state index contributed by atoms with van der Waals surface area (Å²) >= 11 is 0. The maximum absolute atomic E-state index is 13.7. The molecule has 0 saturated heterocycles. The van der Waals surface area contributed by atoms with E-state index in [9.17, 15) is 8.78 Å². The Labute approximate surface area is 146 Å². The zero-order valence-electron chi connectivity index (χ0n) is 11.7. The molecule has 0 aromatic heterocycles. The summed E-state index contributed by atoms with van der Waals surface area (Å²) in [7, 11) is 2.42. The number of hydrogen-bond donors (Lipinski definition) is 0. The molecule has 0 amide bonds. The summed E-state index contributed by atoms with van der Waals surface area (Å²) < 4.78 is 27.2. The van der Waals surface area contributed by atoms with Crippen molar-refractivity contribution >= 4 is 15.3 Å². The maximum Gasteiger partial charge on any atom is 0.166 e. The van der Waals surface area contributed by atoms with Gasteiger partial charge in [-0.2, -0.15) is 0 Å². The van der Waals surface area contributed by atoms with Gasteiger partial charge in [0, 0.05) is 38.3 Å². The normalized spacial score (nSPS) is 9.05. The van der Waals surface area contributed by atoms with Gasteiger partial charge in [-0.15, -0.1) is 9.24 Å². The molecule has 0 nitrogen and oxygen atoms in total. The molecule has 0 N–H and O–H groups in total. The Hall–Kier alpha value is -0.426. The van der Waals surface area contributed by atoms with Gasteiger partial charge in [-0.05, 0) is 23.6 Å². The third-order valence-corrected chi connectivity index (χ3v) is 2.73. The third-order valence-electron chi connectivity index (χ3n) is 2.73. The minimum Gasteiger partial charge on any atom is -0.203 e. The summed E-state index contributed by atoms with van der Waals surface area (Å²) in [5.41, 5.74) is 2.20. The Kier molecular flexibility index (Phi) is 9.30. The zero-order valence-corrected chi connectivity index (χ0v) is 15.7. The molecule has 2 aromatic carbocycles. The molecule has 4 heteroatoms. The van der Waals surface area contributed by atoms with Gasteiger partial charge in [-0.3, -0.25) is 0 Å². The summed E-state index contributed by atoms with van der Waals surface area (Å²) in [6.45, 7) is 7.10. The van der Waals surface area contributed by atoms with Crippen LogP contribution in [0.4, 0.5) is 8.78 Å². The molecule has 2 rings (SSSR count). The van der Waals surface area contributed by atoms with E-state index >= 15 is 0 Å². The molecule has 0 aliphatic heterocycles. The molecule has 20 heavy (non-hydrogen) atoms. The fraction of sp³-hybridized carbons (Fsp3) is 0.125. The fourth-order valence-corrected chi connectivity index (χ4v) is 1.67. The van der Waals surface area contributed by atoms with Crippen LogP contribution < -0.4 is 0 Å². The SMILES string of the molecule is C=Cc1ccc(-c2ccc(C)c(F)c2F)cc1.CP.[Y]. The average molecular weight is 367 g/mol. The predicted molar refractivity (Wildman–Crippen MR) is 82.3 cm³/mol. The van der Waals surface area contributed by atoms with Crippen molar-refractivity contribution < 1.29 is 41.5 Å². The van der Waals surface area contributed by atoms with Crippen LogP contribution in [0.3, 0.4) is 0 Å². The van der Waals surface area contributed by atoms with Crippen LogP contribution in [0.5, 0.6) is 0 Å². The maximum atomic E-state index is 13.7. The summed E-state index contributed by atoms with van der Waals surface area (Å²) in [5, 5.41) is 0. The van der Waals surface area contributed by atoms with Crippen molar-refractivity contribution in [3.8, 4) is 11.1 Å². The van der Waals surface area contributed by atoms with E-state index in [0.29, 0.717) is 11.1 Å². The van der Waals surface area contributed by atoms with Gasteiger partial charge in [0.05, 0.1) is 0 Å². The summed E-state index contributed by atoms with van der Waals surface area (Å²) in [4.78, 5) is 0. The van der Waals surface area contributed by atoms with E-state index in [4.69, 9.17) is 0 Å². The Balaban J connectivity index is 0.00000115. The van der Waals surface area contributed by atoms with Crippen LogP contribution in [0.1, 0.15) is 11.1 Å². The molecule has 0 spiro atoms. The van der Waals surface area contributed by atoms with Gasteiger partial charge < -0.3 is 0 Å². The minimum absolute atomic E-state index is 0. The van der Waals surface area contributed by atoms with E-state index in [-0.39, 0.29) is 38.3 Å². The van der Waals surface area contributed by atoms with Crippen molar-refractivity contribution in [2.75, 3.05) is 6.66 Å². The Morgan fingerprint density at radius 1 is 0.950 bits per heavy atom. The molecule has 103 valence electrons. The van der Waals surface area contributed by atoms with Gasteiger partial charge >= 0.3 is 0 Å². The second kappa shape index (κ2) is 9.50. The molecular weight excluding hydrogens is 350 g/mol. The first-order valence-corrected chi connectivity index (χ1v) is 7.04. The molecule has 0 bridgehead atoms. The number of aryl methyl sites for hydroxylation is 1. The molecule has 2 aromatic rings. The molecule has 0 saturated carbocycles. The second-order valence-corrected chi connectivity index (χ2v) is 3.88. The Bertz CT molecular complexity index is 565. The summed E-state index contributed by atoms with van der Waals surface area (Å²) in [5.74, 6) is -1.58. The van der Waals surface area contributed by atoms with Crippen LogP contribution in [0.25, 0.3) is 17.2 Å². The van der Waals surface area contributed by atoms with E-state index < -0.39 is 11.6 Å². The number of hydrogen-bond acceptors (Lipinski definition) is 0. The summed E-state index contributed by atoms with van der Waals surface area (Å²) in [6.07, 6.45) is 1.70. The standard InChI is InChI=1S/C15H12F2.CH5P.Y/c1-3-11-5-7-12(8-6-11)13-9-4-10(2)14(16)15(13)17;1-2;/h3-9H,1H2,2H3;2H2,1H3;. The topological polar surface area (TPSA) is 0 Å². The Morgan fingerprint density at radius 3 is 2.00 bits per heavy atom. The number of halogens is 2. The van der Waals surface area contributed by atoms with E-state index in [0.717, 1.165) is 5.56 Å². The van der Waals surface area contributed by atoms with Gasteiger partial charge in [0.15, 0.2) is 11.6 Å². The smallest absolute Gasteiger partial charge is 0.166 e. The van der Waals surface area contributed by atoms with Crippen LogP contribution >= 0.6 is 9.24 Å². The second-order valence-electron chi connectivity index (χ2n) is 3.88. The van der Waals surface area contributed by atoms with Gasteiger partial charge in [0.25, 0.3) is 0 Å². The van der Waals surface area contributed by atoms with E-state index in [2.05, 4.69) is 15.8 Å². The number of benzene rings is 2. The molecule has 1 unspecified atom stereocenters. The molecule has 1 radical (unpaired) electrons. The molecule has 0 heterocycles. The monoisotopic (exact) mass is 367 g/mol. The molecule has 0 aliphatic carbocycles. The molecular formula is C16H17F2PY. The van der Waals surface area contributed by atoms with Crippen molar-refractivity contribution in [2.24, 2.45) is 0 Å². The molecule has 0 aliphatic rings. The van der Waals surface area contributed by atoms with Crippen LogP contribution in [-0.2, 0) is 32.7 Å². The Morgan fingerprint density at radius 2 is 1.50 bits per heavy atom. The van der Waals surface area contributed by atoms with Crippen molar-refractivity contribution in [3.05, 3.63) is 65.7 Å². The molecule has 1 atom stereocenters.